The van der Waals surface area contributed by atoms with Gasteiger partial charge in [-0.3, -0.25) is 4.79 Å². The second kappa shape index (κ2) is 2.96. The summed E-state index contributed by atoms with van der Waals surface area (Å²) in [7, 11) is 0. The molecule has 1 saturated heterocycles. The zero-order valence-electron chi connectivity index (χ0n) is 7.00. The quantitative estimate of drug-likeness (QED) is 0.518. The van der Waals surface area contributed by atoms with Crippen LogP contribution in [0.4, 0.5) is 0 Å². The van der Waals surface area contributed by atoms with E-state index in [1.165, 1.54) is 0 Å². The molecule has 0 N–H and O–H groups in total. The Bertz CT molecular complexity index is 202. The summed E-state index contributed by atoms with van der Waals surface area (Å²) in [6.45, 7) is 4.63. The predicted molar refractivity (Wildman–Crippen MR) is 43.8 cm³/mol. The van der Waals surface area contributed by atoms with Gasteiger partial charge in [0.1, 0.15) is 0 Å². The highest BCUT2D eigenvalue weighted by Gasteiger charge is 2.30. The number of hydrogen-bond acceptors (Lipinski definition) is 2. The number of terminal acetylenes is 1. The zero-order valence-corrected chi connectivity index (χ0v) is 7.00. The fraction of sp³-hybridized carbons (Fsp3) is 0.667. The molecule has 1 heterocycles. The molecule has 1 atom stereocenters. The first-order valence-corrected chi connectivity index (χ1v) is 3.89. The average molecular weight is 151 g/mol. The van der Waals surface area contributed by atoms with Crippen molar-refractivity contribution in [2.45, 2.75) is 26.3 Å². The van der Waals surface area contributed by atoms with E-state index in [4.69, 9.17) is 6.42 Å². The van der Waals surface area contributed by atoms with Gasteiger partial charge in [-0.1, -0.05) is 20.3 Å². The minimum atomic E-state index is 0.265. The molecule has 0 aromatic heterocycles. The van der Waals surface area contributed by atoms with Crippen LogP contribution in [0.25, 0.3) is 0 Å². The number of ketones is 1. The van der Waals surface area contributed by atoms with Crippen LogP contribution in [-0.4, -0.2) is 23.3 Å². The molecule has 0 spiro atoms. The Hall–Kier alpha value is -0.970. The molecule has 1 rings (SSSR count). The molecule has 2 nitrogen and oxygen atoms in total. The van der Waals surface area contributed by atoms with Crippen molar-refractivity contribution in [2.24, 2.45) is 5.92 Å². The van der Waals surface area contributed by atoms with Crippen molar-refractivity contribution >= 4 is 5.78 Å². The number of carbonyl (C=O) groups is 1. The summed E-state index contributed by atoms with van der Waals surface area (Å²) < 4.78 is 0. The molecular weight excluding hydrogens is 138 g/mol. The summed E-state index contributed by atoms with van der Waals surface area (Å²) in [6.07, 6.45) is 5.87. The normalized spacial score (nSPS) is 24.4. The van der Waals surface area contributed by atoms with Crippen molar-refractivity contribution in [1.82, 2.24) is 4.90 Å². The maximum Gasteiger partial charge on any atom is 0.154 e. The first-order chi connectivity index (χ1) is 5.15. The highest BCUT2D eigenvalue weighted by atomic mass is 16.1. The number of hydrogen-bond donors (Lipinski definition) is 0. The van der Waals surface area contributed by atoms with E-state index in [-0.39, 0.29) is 11.8 Å². The van der Waals surface area contributed by atoms with Crippen molar-refractivity contribution in [3.63, 3.8) is 0 Å². The third-order valence-corrected chi connectivity index (χ3v) is 2.12. The Morgan fingerprint density at radius 3 is 2.73 bits per heavy atom. The Morgan fingerprint density at radius 2 is 2.36 bits per heavy atom. The molecule has 0 amide bonds. The van der Waals surface area contributed by atoms with E-state index in [9.17, 15) is 4.79 Å². The molecule has 0 radical (unpaired) electrons. The average Bonchev–Trinajstić information content (AvgIpc) is 2.30. The van der Waals surface area contributed by atoms with Crippen molar-refractivity contribution in [3.05, 3.63) is 0 Å². The van der Waals surface area contributed by atoms with E-state index >= 15 is 0 Å². The number of rotatable bonds is 1. The van der Waals surface area contributed by atoms with Gasteiger partial charge in [-0.25, -0.2) is 0 Å². The maximum absolute atomic E-state index is 11.0. The maximum atomic E-state index is 11.0. The van der Waals surface area contributed by atoms with Gasteiger partial charge < -0.3 is 4.90 Å². The summed E-state index contributed by atoms with van der Waals surface area (Å²) >= 11 is 0. The minimum absolute atomic E-state index is 0.265. The van der Waals surface area contributed by atoms with Gasteiger partial charge in [0.2, 0.25) is 0 Å². The van der Waals surface area contributed by atoms with Gasteiger partial charge in [0.15, 0.2) is 5.78 Å². The predicted octanol–water partition coefficient (Wildman–Crippen LogP) is 0.877. The first kappa shape index (κ1) is 8.13. The van der Waals surface area contributed by atoms with E-state index < -0.39 is 0 Å². The van der Waals surface area contributed by atoms with E-state index in [2.05, 4.69) is 19.9 Å². The van der Waals surface area contributed by atoms with Crippen LogP contribution < -0.4 is 0 Å². The summed E-state index contributed by atoms with van der Waals surface area (Å²) in [5, 5.41) is 0. The number of nitrogens with zero attached hydrogens (tertiary/aromatic N) is 1. The van der Waals surface area contributed by atoms with Crippen molar-refractivity contribution in [1.29, 1.82) is 0 Å². The molecule has 1 unspecified atom stereocenters. The Kier molecular flexibility index (Phi) is 2.19. The molecule has 60 valence electrons. The lowest BCUT2D eigenvalue weighted by molar-refractivity contribution is -0.116. The Labute approximate surface area is 67.6 Å². The van der Waals surface area contributed by atoms with Gasteiger partial charge in [-0.2, -0.15) is 0 Å². The standard InChI is InChI=1S/C9H13NO/c1-4-10-6-8(11)5-9(10)7(2)3/h1,7,9H,5-6H2,2-3H3. The van der Waals surface area contributed by atoms with Crippen molar-refractivity contribution in [2.75, 3.05) is 6.54 Å². The monoisotopic (exact) mass is 151 g/mol. The van der Waals surface area contributed by atoms with Crippen LogP contribution in [0.15, 0.2) is 0 Å². The van der Waals surface area contributed by atoms with Gasteiger partial charge in [0.25, 0.3) is 0 Å². The van der Waals surface area contributed by atoms with Gasteiger partial charge >= 0.3 is 0 Å². The summed E-state index contributed by atoms with van der Waals surface area (Å²) in [6, 6.07) is 2.81. The molecule has 1 fully saturated rings. The second-order valence-corrected chi connectivity index (χ2v) is 3.31. The highest BCUT2D eigenvalue weighted by Crippen LogP contribution is 2.19. The van der Waals surface area contributed by atoms with Crippen molar-refractivity contribution in [3.8, 4) is 12.5 Å². The van der Waals surface area contributed by atoms with Gasteiger partial charge in [0.05, 0.1) is 6.54 Å². The summed E-state index contributed by atoms with van der Waals surface area (Å²) in [5.41, 5.74) is 0. The highest BCUT2D eigenvalue weighted by molar-refractivity contribution is 5.83. The SMILES string of the molecule is C#CN1CC(=O)CC1C(C)C. The van der Waals surface area contributed by atoms with Crippen LogP contribution in [-0.2, 0) is 4.79 Å². The van der Waals surface area contributed by atoms with E-state index in [1.54, 1.807) is 4.90 Å². The smallest absolute Gasteiger partial charge is 0.154 e. The van der Waals surface area contributed by atoms with Crippen LogP contribution >= 0.6 is 0 Å². The van der Waals surface area contributed by atoms with E-state index in [0.29, 0.717) is 18.9 Å². The molecule has 1 aliphatic heterocycles. The molecule has 0 bridgehead atoms. The van der Waals surface area contributed by atoms with Crippen LogP contribution in [0.5, 0.6) is 0 Å². The Balaban J connectivity index is 2.66. The Morgan fingerprint density at radius 1 is 1.73 bits per heavy atom. The van der Waals surface area contributed by atoms with Gasteiger partial charge in [0, 0.05) is 18.5 Å². The van der Waals surface area contributed by atoms with Crippen molar-refractivity contribution < 1.29 is 4.79 Å². The lowest BCUT2D eigenvalue weighted by atomic mass is 10.0. The van der Waals surface area contributed by atoms with Gasteiger partial charge in [-0.05, 0) is 5.92 Å². The third-order valence-electron chi connectivity index (χ3n) is 2.12. The minimum Gasteiger partial charge on any atom is -0.322 e. The number of likely N-dealkylation sites (tertiary alicyclic amines) is 1. The lowest BCUT2D eigenvalue weighted by Gasteiger charge is -2.21. The fourth-order valence-electron chi connectivity index (χ4n) is 1.45. The van der Waals surface area contributed by atoms with Crippen LogP contribution in [0.3, 0.4) is 0 Å². The molecular formula is C9H13NO. The largest absolute Gasteiger partial charge is 0.322 e. The van der Waals surface area contributed by atoms with Crippen LogP contribution in [0.2, 0.25) is 0 Å². The van der Waals surface area contributed by atoms with Crippen LogP contribution in [0.1, 0.15) is 20.3 Å². The van der Waals surface area contributed by atoms with Gasteiger partial charge in [-0.15, -0.1) is 0 Å². The van der Waals surface area contributed by atoms with E-state index in [0.717, 1.165) is 0 Å². The molecule has 0 aliphatic carbocycles. The number of carbonyl (C=O) groups excluding carboxylic acids is 1. The fourth-order valence-corrected chi connectivity index (χ4v) is 1.45. The summed E-state index contributed by atoms with van der Waals surface area (Å²) in [5.74, 6) is 0.735. The number of Topliss-reactive ketones (excluding diaryl/α,β-unsaturated/α-hetero) is 1. The molecule has 1 aliphatic rings. The third kappa shape index (κ3) is 1.54. The molecule has 0 saturated carbocycles. The summed E-state index contributed by atoms with van der Waals surface area (Å²) in [4.78, 5) is 12.8. The zero-order chi connectivity index (χ0) is 8.43. The first-order valence-electron chi connectivity index (χ1n) is 3.89. The van der Waals surface area contributed by atoms with Crippen LogP contribution in [0, 0.1) is 18.4 Å². The molecule has 11 heavy (non-hydrogen) atoms. The second-order valence-electron chi connectivity index (χ2n) is 3.31. The topological polar surface area (TPSA) is 20.3 Å². The molecule has 0 aromatic rings. The van der Waals surface area contributed by atoms with E-state index in [1.807, 2.05) is 0 Å². The lowest BCUT2D eigenvalue weighted by Crippen LogP contribution is -2.28. The molecule has 2 heteroatoms. The molecule has 0 aromatic carbocycles.